The highest BCUT2D eigenvalue weighted by atomic mass is 32.2. The molecule has 1 heterocycles. The normalized spacial score (nSPS) is 30.1. The lowest BCUT2D eigenvalue weighted by Crippen LogP contribution is -2.45. The maximum absolute atomic E-state index is 12.8. The topological polar surface area (TPSA) is 49.4 Å². The average molecular weight is 286 g/mol. The van der Waals surface area contributed by atoms with Crippen LogP contribution in [0.1, 0.15) is 51.4 Å². The molecule has 1 unspecified atom stereocenters. The number of nitrogens with zero attached hydrogens (tertiary/aromatic N) is 1. The Morgan fingerprint density at radius 2 is 1.74 bits per heavy atom. The highest BCUT2D eigenvalue weighted by Gasteiger charge is 2.42. The van der Waals surface area contributed by atoms with Crippen molar-refractivity contribution >= 4 is 10.0 Å². The van der Waals surface area contributed by atoms with Gasteiger partial charge in [-0.25, -0.2) is 8.42 Å². The summed E-state index contributed by atoms with van der Waals surface area (Å²) in [6.45, 7) is 2.84. The van der Waals surface area contributed by atoms with Gasteiger partial charge < -0.3 is 5.32 Å². The number of nitrogens with one attached hydrogen (secondary N) is 1. The lowest BCUT2D eigenvalue weighted by molar-refractivity contribution is 0.284. The van der Waals surface area contributed by atoms with Gasteiger partial charge in [-0.3, -0.25) is 0 Å². The van der Waals surface area contributed by atoms with Crippen LogP contribution < -0.4 is 5.32 Å². The van der Waals surface area contributed by atoms with Gasteiger partial charge in [-0.1, -0.05) is 12.8 Å². The summed E-state index contributed by atoms with van der Waals surface area (Å²) in [5, 5.41) is 3.32. The van der Waals surface area contributed by atoms with Crippen molar-refractivity contribution in [1.29, 1.82) is 0 Å². The van der Waals surface area contributed by atoms with E-state index in [4.69, 9.17) is 0 Å². The Hall–Kier alpha value is -0.130. The highest BCUT2D eigenvalue weighted by molar-refractivity contribution is 7.89. The summed E-state index contributed by atoms with van der Waals surface area (Å²) in [7, 11) is -3.03. The smallest absolute Gasteiger partial charge is 0.217 e. The number of hydrogen-bond acceptors (Lipinski definition) is 3. The minimum atomic E-state index is -3.03. The summed E-state index contributed by atoms with van der Waals surface area (Å²) in [6.07, 6.45) is 8.46. The molecule has 3 rings (SSSR count). The lowest BCUT2D eigenvalue weighted by atomic mass is 10.00. The third-order valence-electron chi connectivity index (χ3n) is 4.84. The zero-order chi connectivity index (χ0) is 13.3. The minimum Gasteiger partial charge on any atom is -0.316 e. The SMILES string of the molecule is O=S(=O)(C1CCCC1)N(CC1CCCNC1)C1CC1. The molecule has 0 aromatic heterocycles. The molecule has 0 aromatic carbocycles. The molecule has 0 amide bonds. The van der Waals surface area contributed by atoms with E-state index in [9.17, 15) is 8.42 Å². The molecule has 0 radical (unpaired) electrons. The molecule has 1 N–H and O–H groups in total. The molecule has 0 bridgehead atoms. The van der Waals surface area contributed by atoms with Gasteiger partial charge >= 0.3 is 0 Å². The van der Waals surface area contributed by atoms with Crippen LogP contribution in [0, 0.1) is 5.92 Å². The summed E-state index contributed by atoms with van der Waals surface area (Å²) in [6, 6.07) is 0.326. The van der Waals surface area contributed by atoms with E-state index in [-0.39, 0.29) is 5.25 Å². The summed E-state index contributed by atoms with van der Waals surface area (Å²) in [4.78, 5) is 0. The summed E-state index contributed by atoms with van der Waals surface area (Å²) >= 11 is 0. The van der Waals surface area contributed by atoms with Gasteiger partial charge in [0.25, 0.3) is 0 Å². The number of rotatable bonds is 5. The van der Waals surface area contributed by atoms with Crippen molar-refractivity contribution in [3.8, 4) is 0 Å². The third-order valence-corrected chi connectivity index (χ3v) is 7.26. The molecule has 0 spiro atoms. The summed E-state index contributed by atoms with van der Waals surface area (Å²) < 4.78 is 27.5. The predicted molar refractivity (Wildman–Crippen MR) is 76.5 cm³/mol. The molecule has 3 fully saturated rings. The molecule has 2 saturated carbocycles. The van der Waals surface area contributed by atoms with Gasteiger partial charge in [0.15, 0.2) is 0 Å². The Balaban J connectivity index is 1.69. The second kappa shape index (κ2) is 5.70. The van der Waals surface area contributed by atoms with Crippen molar-refractivity contribution in [2.75, 3.05) is 19.6 Å². The van der Waals surface area contributed by atoms with E-state index in [1.54, 1.807) is 0 Å². The monoisotopic (exact) mass is 286 g/mol. The molecule has 0 aromatic rings. The molecule has 5 heteroatoms. The van der Waals surface area contributed by atoms with Crippen LogP contribution in [-0.2, 0) is 10.0 Å². The van der Waals surface area contributed by atoms with E-state index < -0.39 is 10.0 Å². The first-order valence-electron chi connectivity index (χ1n) is 7.89. The second-order valence-corrected chi connectivity index (χ2v) is 8.63. The van der Waals surface area contributed by atoms with Gasteiger partial charge in [0, 0.05) is 12.6 Å². The van der Waals surface area contributed by atoms with Crippen LogP contribution in [0.25, 0.3) is 0 Å². The van der Waals surface area contributed by atoms with E-state index in [1.165, 1.54) is 12.8 Å². The van der Waals surface area contributed by atoms with E-state index >= 15 is 0 Å². The van der Waals surface area contributed by atoms with Gasteiger partial charge in [-0.2, -0.15) is 4.31 Å². The molecular formula is C14H26N2O2S. The molecule has 110 valence electrons. The molecule has 1 atom stereocenters. The van der Waals surface area contributed by atoms with E-state index in [0.717, 1.165) is 58.2 Å². The van der Waals surface area contributed by atoms with Gasteiger partial charge in [-0.15, -0.1) is 0 Å². The van der Waals surface area contributed by atoms with Crippen molar-refractivity contribution in [2.24, 2.45) is 5.92 Å². The molecule has 19 heavy (non-hydrogen) atoms. The Labute approximate surface area is 117 Å². The summed E-state index contributed by atoms with van der Waals surface area (Å²) in [5.74, 6) is 0.519. The van der Waals surface area contributed by atoms with Crippen LogP contribution in [0.5, 0.6) is 0 Å². The van der Waals surface area contributed by atoms with Gasteiger partial charge in [-0.05, 0) is 57.5 Å². The van der Waals surface area contributed by atoms with Crippen molar-refractivity contribution in [1.82, 2.24) is 9.62 Å². The Kier molecular flexibility index (Phi) is 4.15. The van der Waals surface area contributed by atoms with Crippen molar-refractivity contribution in [2.45, 2.75) is 62.7 Å². The molecule has 4 nitrogen and oxygen atoms in total. The highest BCUT2D eigenvalue weighted by Crippen LogP contribution is 2.36. The maximum Gasteiger partial charge on any atom is 0.217 e. The van der Waals surface area contributed by atoms with Crippen LogP contribution in [0.3, 0.4) is 0 Å². The third kappa shape index (κ3) is 3.14. The molecular weight excluding hydrogens is 260 g/mol. The second-order valence-electron chi connectivity index (χ2n) is 6.46. The fourth-order valence-electron chi connectivity index (χ4n) is 3.54. The zero-order valence-electron chi connectivity index (χ0n) is 11.7. The quantitative estimate of drug-likeness (QED) is 0.837. The standard InChI is InChI=1S/C14H26N2O2S/c17-19(18,14-5-1-2-6-14)16(13-7-8-13)11-12-4-3-9-15-10-12/h12-15H,1-11H2. The fourth-order valence-corrected chi connectivity index (χ4v) is 5.89. The molecule has 2 aliphatic carbocycles. The van der Waals surface area contributed by atoms with E-state index in [0.29, 0.717) is 12.0 Å². The first-order valence-corrected chi connectivity index (χ1v) is 9.39. The molecule has 3 aliphatic rings. The predicted octanol–water partition coefficient (Wildman–Crippen LogP) is 1.72. The van der Waals surface area contributed by atoms with Crippen molar-refractivity contribution in [3.05, 3.63) is 0 Å². The van der Waals surface area contributed by atoms with Crippen LogP contribution in [-0.4, -0.2) is 43.6 Å². The van der Waals surface area contributed by atoms with Crippen molar-refractivity contribution < 1.29 is 8.42 Å². The van der Waals surface area contributed by atoms with Crippen LogP contribution in [0.2, 0.25) is 0 Å². The molecule has 1 saturated heterocycles. The number of hydrogen-bond donors (Lipinski definition) is 1. The van der Waals surface area contributed by atoms with Gasteiger partial charge in [0.05, 0.1) is 5.25 Å². The fraction of sp³-hybridized carbons (Fsp3) is 1.00. The Morgan fingerprint density at radius 3 is 2.32 bits per heavy atom. The van der Waals surface area contributed by atoms with E-state index in [1.807, 2.05) is 4.31 Å². The van der Waals surface area contributed by atoms with Crippen LogP contribution >= 0.6 is 0 Å². The van der Waals surface area contributed by atoms with Crippen molar-refractivity contribution in [3.63, 3.8) is 0 Å². The zero-order valence-corrected chi connectivity index (χ0v) is 12.5. The first-order chi connectivity index (χ1) is 9.18. The average Bonchev–Trinajstić information content (AvgIpc) is 3.09. The number of piperidine rings is 1. The van der Waals surface area contributed by atoms with Crippen LogP contribution in [0.15, 0.2) is 0 Å². The largest absolute Gasteiger partial charge is 0.316 e. The molecule has 1 aliphatic heterocycles. The van der Waals surface area contributed by atoms with Gasteiger partial charge in [0.2, 0.25) is 10.0 Å². The summed E-state index contributed by atoms with van der Waals surface area (Å²) in [5.41, 5.74) is 0. The Morgan fingerprint density at radius 1 is 1.00 bits per heavy atom. The maximum atomic E-state index is 12.8. The van der Waals surface area contributed by atoms with Gasteiger partial charge in [0.1, 0.15) is 0 Å². The Bertz CT molecular complexity index is 394. The lowest BCUT2D eigenvalue weighted by Gasteiger charge is -2.31. The first kappa shape index (κ1) is 13.8. The minimum absolute atomic E-state index is 0.0790. The van der Waals surface area contributed by atoms with Crippen LogP contribution in [0.4, 0.5) is 0 Å². The van der Waals surface area contributed by atoms with E-state index in [2.05, 4.69) is 5.32 Å². The number of sulfonamides is 1.